The molecule has 9 heteroatoms. The Morgan fingerprint density at radius 3 is 2.40 bits per heavy atom. The van der Waals surface area contributed by atoms with Gasteiger partial charge in [-0.2, -0.15) is 5.26 Å². The molecular formula is C33H27Cl2N3O3S. The number of nitrogens with zero attached hydrogens (tertiary/aromatic N) is 1. The van der Waals surface area contributed by atoms with Gasteiger partial charge in [0.1, 0.15) is 0 Å². The first-order valence-electron chi connectivity index (χ1n) is 13.3. The number of dihydropyridines is 1. The molecule has 0 radical (unpaired) electrons. The van der Waals surface area contributed by atoms with Crippen molar-refractivity contribution < 1.29 is 14.4 Å². The maximum absolute atomic E-state index is 13.4. The summed E-state index contributed by atoms with van der Waals surface area (Å²) in [7, 11) is 0. The molecule has 2 N–H and O–H groups in total. The summed E-state index contributed by atoms with van der Waals surface area (Å²) in [5.74, 6) is -1.23. The van der Waals surface area contributed by atoms with Gasteiger partial charge in [-0.3, -0.25) is 14.4 Å². The van der Waals surface area contributed by atoms with Gasteiger partial charge < -0.3 is 10.6 Å². The average Bonchev–Trinajstić information content (AvgIpc) is 2.96. The van der Waals surface area contributed by atoms with Crippen molar-refractivity contribution in [1.29, 1.82) is 5.26 Å². The molecule has 1 unspecified atom stereocenters. The number of hydrogen-bond donors (Lipinski definition) is 2. The third-order valence-corrected chi connectivity index (χ3v) is 8.72. The van der Waals surface area contributed by atoms with Crippen LogP contribution in [0.25, 0.3) is 0 Å². The Bertz CT molecular complexity index is 1690. The standard InChI is InChI=1S/C33H27Cl2N3O3S/c1-33(2)15-26-30(27(39)16-33)29(19-8-10-21(34)11-9-19)24(17-36)32(38-26)42-18-28(40)37-25-13-12-22(35)14-23(25)31(41)20-6-4-3-5-7-20/h3-14,29,38H,15-16,18H2,1-2H3,(H,37,40). The quantitative estimate of drug-likeness (QED) is 0.265. The van der Waals surface area contributed by atoms with Crippen molar-refractivity contribution in [2.45, 2.75) is 32.6 Å². The first kappa shape index (κ1) is 29.7. The van der Waals surface area contributed by atoms with Crippen molar-refractivity contribution in [3.63, 3.8) is 0 Å². The number of nitriles is 1. The molecule has 6 nitrogen and oxygen atoms in total. The van der Waals surface area contributed by atoms with Crippen LogP contribution in [0, 0.1) is 16.7 Å². The topological polar surface area (TPSA) is 99.1 Å². The highest BCUT2D eigenvalue weighted by Crippen LogP contribution is 2.48. The number of halogens is 2. The van der Waals surface area contributed by atoms with Crippen molar-refractivity contribution in [3.8, 4) is 6.07 Å². The van der Waals surface area contributed by atoms with E-state index in [4.69, 9.17) is 23.2 Å². The van der Waals surface area contributed by atoms with Gasteiger partial charge in [0.15, 0.2) is 11.6 Å². The van der Waals surface area contributed by atoms with E-state index in [2.05, 4.69) is 16.7 Å². The normalized spacial score (nSPS) is 17.7. The zero-order valence-electron chi connectivity index (χ0n) is 23.0. The molecule has 5 rings (SSSR count). The number of thioether (sulfide) groups is 1. The lowest BCUT2D eigenvalue weighted by atomic mass is 9.69. The Labute approximate surface area is 258 Å². The van der Waals surface area contributed by atoms with Gasteiger partial charge in [0.05, 0.1) is 34.0 Å². The zero-order valence-corrected chi connectivity index (χ0v) is 25.3. The van der Waals surface area contributed by atoms with Crippen LogP contribution in [-0.4, -0.2) is 23.2 Å². The Kier molecular flexibility index (Phi) is 8.60. The summed E-state index contributed by atoms with van der Waals surface area (Å²) in [6, 6.07) is 22.9. The smallest absolute Gasteiger partial charge is 0.234 e. The molecule has 1 atom stereocenters. The van der Waals surface area contributed by atoms with E-state index in [-0.39, 0.29) is 34.2 Å². The lowest BCUT2D eigenvalue weighted by Gasteiger charge is -2.39. The molecule has 0 aromatic heterocycles. The fourth-order valence-electron chi connectivity index (χ4n) is 5.36. The van der Waals surface area contributed by atoms with Gasteiger partial charge in [-0.25, -0.2) is 0 Å². The predicted octanol–water partition coefficient (Wildman–Crippen LogP) is 7.66. The van der Waals surface area contributed by atoms with Gasteiger partial charge in [0.25, 0.3) is 0 Å². The minimum atomic E-state index is -0.566. The molecule has 1 amide bonds. The van der Waals surface area contributed by atoms with E-state index in [9.17, 15) is 19.6 Å². The molecule has 42 heavy (non-hydrogen) atoms. The highest BCUT2D eigenvalue weighted by Gasteiger charge is 2.42. The minimum absolute atomic E-state index is 0.00148. The van der Waals surface area contributed by atoms with Crippen LogP contribution in [0.2, 0.25) is 10.0 Å². The second kappa shape index (κ2) is 12.2. The number of ketones is 2. The number of carbonyl (C=O) groups is 3. The fourth-order valence-corrected chi connectivity index (χ4v) is 6.52. The minimum Gasteiger partial charge on any atom is -0.352 e. The Hall–Kier alpha value is -3.83. The van der Waals surface area contributed by atoms with Crippen LogP contribution in [0.1, 0.15) is 54.1 Å². The van der Waals surface area contributed by atoms with Crippen molar-refractivity contribution in [1.82, 2.24) is 5.32 Å². The summed E-state index contributed by atoms with van der Waals surface area (Å²) < 4.78 is 0. The molecule has 0 spiro atoms. The molecule has 212 valence electrons. The average molecular weight is 617 g/mol. The van der Waals surface area contributed by atoms with E-state index in [1.165, 1.54) is 17.8 Å². The molecule has 0 fully saturated rings. The predicted molar refractivity (Wildman–Crippen MR) is 167 cm³/mol. The molecular weight excluding hydrogens is 589 g/mol. The third kappa shape index (κ3) is 6.32. The third-order valence-electron chi connectivity index (χ3n) is 7.21. The first-order valence-corrected chi connectivity index (χ1v) is 15.1. The van der Waals surface area contributed by atoms with Gasteiger partial charge in [-0.15, -0.1) is 0 Å². The number of anilines is 1. The van der Waals surface area contributed by atoms with E-state index in [1.807, 2.05) is 32.0 Å². The van der Waals surface area contributed by atoms with Gasteiger partial charge in [0.2, 0.25) is 5.91 Å². The second-order valence-corrected chi connectivity index (χ2v) is 12.9. The molecule has 3 aromatic rings. The Morgan fingerprint density at radius 1 is 1.02 bits per heavy atom. The van der Waals surface area contributed by atoms with Gasteiger partial charge in [0, 0.05) is 38.9 Å². The molecule has 0 saturated carbocycles. The lowest BCUT2D eigenvalue weighted by molar-refractivity contribution is -0.118. The first-order chi connectivity index (χ1) is 20.1. The molecule has 0 bridgehead atoms. The molecule has 1 aliphatic carbocycles. The van der Waals surface area contributed by atoms with E-state index in [1.54, 1.807) is 48.5 Å². The van der Waals surface area contributed by atoms with Crippen molar-refractivity contribution in [3.05, 3.63) is 121 Å². The molecule has 1 aliphatic heterocycles. The molecule has 3 aromatic carbocycles. The number of Topliss-reactive ketones (excluding diaryl/α,β-unsaturated/α-hetero) is 1. The number of allylic oxidation sites excluding steroid dienone is 3. The van der Waals surface area contributed by atoms with Gasteiger partial charge in [-0.1, -0.05) is 91.3 Å². The van der Waals surface area contributed by atoms with Crippen LogP contribution >= 0.6 is 35.0 Å². The molecule has 1 heterocycles. The summed E-state index contributed by atoms with van der Waals surface area (Å²) >= 11 is 13.5. The Balaban J connectivity index is 1.41. The summed E-state index contributed by atoms with van der Waals surface area (Å²) in [6.45, 7) is 4.08. The number of amides is 1. The second-order valence-electron chi connectivity index (χ2n) is 11.0. The SMILES string of the molecule is CC1(C)CC(=O)C2=C(C1)NC(SCC(=O)Nc1ccc(Cl)cc1C(=O)c1ccccc1)=C(C#N)C2c1ccc(Cl)cc1. The van der Waals surface area contributed by atoms with Crippen LogP contribution < -0.4 is 10.6 Å². The summed E-state index contributed by atoms with van der Waals surface area (Å²) in [5.41, 5.74) is 3.36. The van der Waals surface area contributed by atoms with Gasteiger partial charge >= 0.3 is 0 Å². The van der Waals surface area contributed by atoms with Crippen LogP contribution in [0.5, 0.6) is 0 Å². The summed E-state index contributed by atoms with van der Waals surface area (Å²) in [4.78, 5) is 39.7. The van der Waals surface area contributed by atoms with Crippen LogP contribution in [0.3, 0.4) is 0 Å². The number of carbonyl (C=O) groups excluding carboxylic acids is 3. The highest BCUT2D eigenvalue weighted by molar-refractivity contribution is 8.03. The van der Waals surface area contributed by atoms with Crippen molar-refractivity contribution in [2.75, 3.05) is 11.1 Å². The summed E-state index contributed by atoms with van der Waals surface area (Å²) in [6.07, 6.45) is 1.01. The largest absolute Gasteiger partial charge is 0.352 e. The van der Waals surface area contributed by atoms with E-state index in [0.29, 0.717) is 50.3 Å². The monoisotopic (exact) mass is 615 g/mol. The van der Waals surface area contributed by atoms with Crippen molar-refractivity contribution >= 4 is 58.1 Å². The zero-order chi connectivity index (χ0) is 30.0. The van der Waals surface area contributed by atoms with Crippen molar-refractivity contribution in [2.24, 2.45) is 5.41 Å². The number of rotatable bonds is 7. The maximum Gasteiger partial charge on any atom is 0.234 e. The van der Waals surface area contributed by atoms with E-state index >= 15 is 0 Å². The molecule has 0 saturated heterocycles. The number of hydrogen-bond acceptors (Lipinski definition) is 6. The van der Waals surface area contributed by atoms with Crippen LogP contribution in [0.4, 0.5) is 5.69 Å². The highest BCUT2D eigenvalue weighted by atomic mass is 35.5. The Morgan fingerprint density at radius 2 is 1.71 bits per heavy atom. The fraction of sp³-hybridized carbons (Fsp3) is 0.212. The molecule has 2 aliphatic rings. The summed E-state index contributed by atoms with van der Waals surface area (Å²) in [5, 5.41) is 17.9. The van der Waals surface area contributed by atoms with Gasteiger partial charge in [-0.05, 0) is 47.7 Å². The van der Waals surface area contributed by atoms with E-state index in [0.717, 1.165) is 11.3 Å². The van der Waals surface area contributed by atoms with E-state index < -0.39 is 5.92 Å². The number of nitrogens with one attached hydrogen (secondary N) is 2. The van der Waals surface area contributed by atoms with Crippen LogP contribution in [0.15, 0.2) is 94.7 Å². The van der Waals surface area contributed by atoms with Crippen LogP contribution in [-0.2, 0) is 9.59 Å². The lowest BCUT2D eigenvalue weighted by Crippen LogP contribution is -2.37. The number of benzene rings is 3. The maximum atomic E-state index is 13.4.